The van der Waals surface area contributed by atoms with Gasteiger partial charge in [-0.05, 0) is 57.8 Å². The predicted molar refractivity (Wildman–Crippen MR) is 97.2 cm³/mol. The summed E-state index contributed by atoms with van der Waals surface area (Å²) in [6.07, 6.45) is 2.79. The fourth-order valence-electron chi connectivity index (χ4n) is 2.31. The molecule has 2 rings (SSSR count). The molecule has 1 aromatic rings. The topological polar surface area (TPSA) is 64.6 Å². The van der Waals surface area contributed by atoms with Crippen LogP contribution in [-0.4, -0.2) is 37.1 Å². The Balaban J connectivity index is 2.34. The molecule has 1 fully saturated rings. The van der Waals surface area contributed by atoms with Gasteiger partial charge in [-0.15, -0.1) is 11.3 Å². The normalized spacial score (nSPS) is 19.4. The molecule has 0 saturated carbocycles. The summed E-state index contributed by atoms with van der Waals surface area (Å²) in [4.78, 5) is 23.9. The van der Waals surface area contributed by atoms with Gasteiger partial charge in [0, 0.05) is 18.3 Å². The number of nitrogens with one attached hydrogen (secondary N) is 1. The molecular formula is C17H24BNO4S. The van der Waals surface area contributed by atoms with Crippen LogP contribution in [0.1, 0.15) is 54.7 Å². The summed E-state index contributed by atoms with van der Waals surface area (Å²) < 4.78 is 12.2. The van der Waals surface area contributed by atoms with Crippen LogP contribution >= 0.6 is 11.3 Å². The van der Waals surface area contributed by atoms with Gasteiger partial charge in [0.25, 0.3) is 0 Å². The average Bonchev–Trinajstić information content (AvgIpc) is 2.91. The maximum Gasteiger partial charge on any atom is 0.492 e. The van der Waals surface area contributed by atoms with E-state index in [0.717, 1.165) is 22.2 Å². The number of carbonyl (C=O) groups excluding carboxylic acids is 2. The van der Waals surface area contributed by atoms with E-state index in [1.165, 1.54) is 18.3 Å². The van der Waals surface area contributed by atoms with Crippen LogP contribution in [-0.2, 0) is 14.1 Å². The minimum atomic E-state index is -0.539. The molecule has 1 N–H and O–H groups in total. The Bertz CT molecular complexity index is 662. The van der Waals surface area contributed by atoms with Crippen LogP contribution in [0.4, 0.5) is 0 Å². The van der Waals surface area contributed by atoms with Gasteiger partial charge in [-0.25, -0.2) is 0 Å². The number of amides is 1. The summed E-state index contributed by atoms with van der Waals surface area (Å²) in [6.45, 7) is 11.7. The van der Waals surface area contributed by atoms with Crippen LogP contribution in [0.5, 0.6) is 0 Å². The molecule has 1 saturated heterocycles. The summed E-state index contributed by atoms with van der Waals surface area (Å²) in [5.74, 6) is -0.117. The van der Waals surface area contributed by atoms with Gasteiger partial charge in [-0.3, -0.25) is 9.59 Å². The summed E-state index contributed by atoms with van der Waals surface area (Å²) in [6, 6.07) is 1.85. The lowest BCUT2D eigenvalue weighted by Crippen LogP contribution is -2.41. The molecule has 1 amide bonds. The molecule has 0 aromatic carbocycles. The molecule has 0 radical (unpaired) electrons. The van der Waals surface area contributed by atoms with E-state index < -0.39 is 18.3 Å². The van der Waals surface area contributed by atoms with Crippen molar-refractivity contribution in [3.05, 3.63) is 26.9 Å². The van der Waals surface area contributed by atoms with E-state index in [4.69, 9.17) is 9.31 Å². The highest BCUT2D eigenvalue weighted by molar-refractivity contribution is 7.14. The molecule has 24 heavy (non-hydrogen) atoms. The Morgan fingerprint density at radius 3 is 2.33 bits per heavy atom. The Kier molecular flexibility index (Phi) is 5.37. The van der Waals surface area contributed by atoms with Gasteiger partial charge in [-0.1, -0.05) is 0 Å². The second kappa shape index (κ2) is 6.82. The van der Waals surface area contributed by atoms with Crippen molar-refractivity contribution in [2.45, 2.75) is 52.7 Å². The quantitative estimate of drug-likeness (QED) is 0.656. The van der Waals surface area contributed by atoms with Gasteiger partial charge in [-0.2, -0.15) is 0 Å². The van der Waals surface area contributed by atoms with Crippen molar-refractivity contribution in [3.63, 3.8) is 0 Å². The third-order valence-electron chi connectivity index (χ3n) is 4.51. The van der Waals surface area contributed by atoms with Crippen LogP contribution in [0, 0.1) is 6.92 Å². The summed E-state index contributed by atoms with van der Waals surface area (Å²) >= 11 is 1.41. The molecule has 1 aliphatic rings. The predicted octanol–water partition coefficient (Wildman–Crippen LogP) is 3.02. The third kappa shape index (κ3) is 3.96. The number of aldehydes is 1. The Morgan fingerprint density at radius 1 is 1.29 bits per heavy atom. The maximum absolute atomic E-state index is 11.3. The molecule has 0 aliphatic carbocycles. The van der Waals surface area contributed by atoms with Crippen molar-refractivity contribution in [2.75, 3.05) is 6.54 Å². The number of carbonyl (C=O) groups is 2. The fraction of sp³-hybridized carbons (Fsp3) is 0.529. The molecular weight excluding hydrogens is 325 g/mol. The highest BCUT2D eigenvalue weighted by atomic mass is 32.1. The lowest BCUT2D eigenvalue weighted by molar-refractivity contribution is -0.118. The lowest BCUT2D eigenvalue weighted by Gasteiger charge is -2.32. The Labute approximate surface area is 147 Å². The number of aryl methyl sites for hydroxylation is 1. The van der Waals surface area contributed by atoms with E-state index in [0.29, 0.717) is 11.4 Å². The van der Waals surface area contributed by atoms with E-state index in [1.54, 1.807) is 0 Å². The van der Waals surface area contributed by atoms with E-state index in [2.05, 4.69) is 5.32 Å². The number of thiophene rings is 1. The monoisotopic (exact) mass is 349 g/mol. The third-order valence-corrected chi connectivity index (χ3v) is 5.61. The van der Waals surface area contributed by atoms with Crippen LogP contribution in [0.2, 0.25) is 0 Å². The molecule has 0 unspecified atom stereocenters. The first-order valence-electron chi connectivity index (χ1n) is 7.92. The van der Waals surface area contributed by atoms with E-state index in [-0.39, 0.29) is 5.91 Å². The number of hydrogen-bond acceptors (Lipinski definition) is 5. The molecule has 1 aromatic heterocycles. The van der Waals surface area contributed by atoms with Crippen molar-refractivity contribution in [1.82, 2.24) is 5.32 Å². The average molecular weight is 349 g/mol. The number of hydrogen-bond donors (Lipinski definition) is 1. The van der Waals surface area contributed by atoms with Crippen LogP contribution in [0.3, 0.4) is 0 Å². The van der Waals surface area contributed by atoms with Gasteiger partial charge >= 0.3 is 7.12 Å². The van der Waals surface area contributed by atoms with Crippen molar-refractivity contribution in [2.24, 2.45) is 0 Å². The zero-order chi connectivity index (χ0) is 18.1. The molecule has 0 spiro atoms. The lowest BCUT2D eigenvalue weighted by atomic mass is 9.77. The van der Waals surface area contributed by atoms with Crippen molar-refractivity contribution in [1.29, 1.82) is 0 Å². The Hall–Kier alpha value is -1.44. The molecule has 7 heteroatoms. The molecule has 1 aliphatic heterocycles. The van der Waals surface area contributed by atoms with Gasteiger partial charge in [0.05, 0.1) is 16.1 Å². The fourth-order valence-corrected chi connectivity index (χ4v) is 3.28. The van der Waals surface area contributed by atoms with Crippen LogP contribution in [0.15, 0.2) is 11.5 Å². The zero-order valence-corrected chi connectivity index (χ0v) is 15.9. The van der Waals surface area contributed by atoms with Gasteiger partial charge in [0.1, 0.15) is 0 Å². The highest BCUT2D eigenvalue weighted by Gasteiger charge is 2.52. The van der Waals surface area contributed by atoms with Gasteiger partial charge < -0.3 is 14.6 Å². The molecule has 130 valence electrons. The standard InChI is InChI=1S/C17H24BNO4S/c1-11-7-14(10-20)24-15(11)8-13(9-19-12(2)21)18-22-16(3,4)17(5,6)23-18/h7-8,10H,9H2,1-6H3,(H,19,21). The van der Waals surface area contributed by atoms with Crippen molar-refractivity contribution >= 4 is 36.7 Å². The first-order valence-corrected chi connectivity index (χ1v) is 8.73. The summed E-state index contributed by atoms with van der Waals surface area (Å²) in [5, 5.41) is 2.81. The van der Waals surface area contributed by atoms with Gasteiger partial charge in [0.2, 0.25) is 5.91 Å². The van der Waals surface area contributed by atoms with E-state index in [1.807, 2.05) is 46.8 Å². The number of rotatable bonds is 5. The van der Waals surface area contributed by atoms with Crippen molar-refractivity contribution in [3.8, 4) is 0 Å². The second-order valence-electron chi connectivity index (χ2n) is 7.03. The first-order chi connectivity index (χ1) is 11.1. The first kappa shape index (κ1) is 18.9. The summed E-state index contributed by atoms with van der Waals surface area (Å²) in [7, 11) is -0.539. The maximum atomic E-state index is 11.3. The van der Waals surface area contributed by atoms with Crippen LogP contribution < -0.4 is 5.32 Å². The summed E-state index contributed by atoms with van der Waals surface area (Å²) in [5.41, 5.74) is 0.932. The van der Waals surface area contributed by atoms with Gasteiger partial charge in [0.15, 0.2) is 6.29 Å². The Morgan fingerprint density at radius 2 is 1.88 bits per heavy atom. The van der Waals surface area contributed by atoms with E-state index in [9.17, 15) is 9.59 Å². The largest absolute Gasteiger partial charge is 0.492 e. The van der Waals surface area contributed by atoms with Crippen LogP contribution in [0.25, 0.3) is 6.08 Å². The zero-order valence-electron chi connectivity index (χ0n) is 15.1. The second-order valence-corrected chi connectivity index (χ2v) is 8.15. The smallest absolute Gasteiger partial charge is 0.400 e. The van der Waals surface area contributed by atoms with E-state index >= 15 is 0 Å². The molecule has 2 heterocycles. The molecule has 0 bridgehead atoms. The molecule has 0 atom stereocenters. The SMILES string of the molecule is CC(=O)NCC(=Cc1sc(C=O)cc1C)B1OC(C)(C)C(C)(C)O1. The molecule has 5 nitrogen and oxygen atoms in total. The minimum Gasteiger partial charge on any atom is -0.400 e. The highest BCUT2D eigenvalue weighted by Crippen LogP contribution is 2.39. The van der Waals surface area contributed by atoms with Crippen molar-refractivity contribution < 1.29 is 18.9 Å². The minimum absolute atomic E-state index is 0.117.